The summed E-state index contributed by atoms with van der Waals surface area (Å²) in [6.07, 6.45) is 4.10. The Labute approximate surface area is 189 Å². The fourth-order valence-electron chi connectivity index (χ4n) is 2.85. The summed E-state index contributed by atoms with van der Waals surface area (Å²) in [5, 5.41) is 2.95. The fourth-order valence-corrected chi connectivity index (χ4v) is 4.36. The number of aromatic nitrogens is 2. The number of nitrogens with zero attached hydrogens (tertiary/aromatic N) is 2. The molecule has 3 rings (SSSR count). The summed E-state index contributed by atoms with van der Waals surface area (Å²) < 4.78 is 32.7. The second kappa shape index (κ2) is 9.86. The van der Waals surface area contributed by atoms with Crippen LogP contribution in [0.1, 0.15) is 32.0 Å². The zero-order valence-corrected chi connectivity index (χ0v) is 18.7. The van der Waals surface area contributed by atoms with Crippen LogP contribution in [0, 0.1) is 6.92 Å². The molecule has 1 heterocycles. The Hall–Kier alpha value is -3.34. The molecule has 0 aliphatic carbocycles. The Kier molecular flexibility index (Phi) is 7.18. The molecule has 0 saturated heterocycles. The summed E-state index contributed by atoms with van der Waals surface area (Å²) >= 11 is 6.04. The number of sulfonamides is 1. The van der Waals surface area contributed by atoms with Crippen LogP contribution in [0.5, 0.6) is 0 Å². The summed E-state index contributed by atoms with van der Waals surface area (Å²) in [7, 11) is -2.67. The standard InChI is InChI=1S/C21H19ClN4O5S/c1-13-17(22)4-3-5-19(13)32(29,30)25-11-14-8-15(21(28)31-2)10-16(9-14)26-20(27)18-12-23-6-7-24-18/h3-10,12,25H,11H2,1-2H3,(H,26,27). The average Bonchev–Trinajstić information content (AvgIpc) is 2.79. The van der Waals surface area contributed by atoms with Crippen molar-refractivity contribution in [3.63, 3.8) is 0 Å². The van der Waals surface area contributed by atoms with Crippen molar-refractivity contribution < 1.29 is 22.7 Å². The Bertz CT molecular complexity index is 1270. The predicted octanol–water partition coefficient (Wildman–Crippen LogP) is 2.96. The number of amides is 1. The van der Waals surface area contributed by atoms with Crippen molar-refractivity contribution in [3.8, 4) is 0 Å². The maximum absolute atomic E-state index is 12.8. The van der Waals surface area contributed by atoms with Gasteiger partial charge in [-0.3, -0.25) is 9.78 Å². The molecule has 0 bridgehead atoms. The van der Waals surface area contributed by atoms with Gasteiger partial charge in [0.25, 0.3) is 5.91 Å². The number of carbonyl (C=O) groups excluding carboxylic acids is 2. The molecule has 0 spiro atoms. The van der Waals surface area contributed by atoms with Gasteiger partial charge in [-0.15, -0.1) is 0 Å². The van der Waals surface area contributed by atoms with Crippen LogP contribution in [0.3, 0.4) is 0 Å². The van der Waals surface area contributed by atoms with Crippen LogP contribution < -0.4 is 10.0 Å². The van der Waals surface area contributed by atoms with Gasteiger partial charge in [0.05, 0.1) is 23.8 Å². The van der Waals surface area contributed by atoms with E-state index >= 15 is 0 Å². The van der Waals surface area contributed by atoms with Gasteiger partial charge >= 0.3 is 5.97 Å². The highest BCUT2D eigenvalue weighted by Gasteiger charge is 2.19. The van der Waals surface area contributed by atoms with E-state index in [9.17, 15) is 18.0 Å². The van der Waals surface area contributed by atoms with Gasteiger partial charge in [0.2, 0.25) is 10.0 Å². The number of rotatable bonds is 7. The Morgan fingerprint density at radius 1 is 1.16 bits per heavy atom. The molecule has 1 aromatic heterocycles. The first kappa shape index (κ1) is 23.3. The van der Waals surface area contributed by atoms with E-state index in [0.29, 0.717) is 16.1 Å². The maximum atomic E-state index is 12.8. The molecule has 0 radical (unpaired) electrons. The predicted molar refractivity (Wildman–Crippen MR) is 118 cm³/mol. The second-order valence-electron chi connectivity index (χ2n) is 6.64. The van der Waals surface area contributed by atoms with Gasteiger partial charge < -0.3 is 10.1 Å². The third-order valence-electron chi connectivity index (χ3n) is 4.44. The topological polar surface area (TPSA) is 127 Å². The van der Waals surface area contributed by atoms with Crippen LogP contribution in [-0.2, 0) is 21.3 Å². The van der Waals surface area contributed by atoms with Crippen molar-refractivity contribution in [2.24, 2.45) is 0 Å². The van der Waals surface area contributed by atoms with E-state index < -0.39 is 21.9 Å². The number of hydrogen-bond acceptors (Lipinski definition) is 7. The quantitative estimate of drug-likeness (QED) is 0.504. The minimum atomic E-state index is -3.89. The number of methoxy groups -OCH3 is 1. The fraction of sp³-hybridized carbons (Fsp3) is 0.143. The van der Waals surface area contributed by atoms with E-state index in [2.05, 4.69) is 20.0 Å². The molecule has 32 heavy (non-hydrogen) atoms. The van der Waals surface area contributed by atoms with Crippen LogP contribution in [0.15, 0.2) is 59.9 Å². The first-order valence-electron chi connectivity index (χ1n) is 9.25. The molecular formula is C21H19ClN4O5S. The first-order chi connectivity index (χ1) is 15.2. The lowest BCUT2D eigenvalue weighted by atomic mass is 10.1. The first-order valence-corrected chi connectivity index (χ1v) is 11.1. The van der Waals surface area contributed by atoms with Gasteiger partial charge in [-0.2, -0.15) is 0 Å². The number of nitrogens with one attached hydrogen (secondary N) is 2. The molecule has 11 heteroatoms. The zero-order valence-electron chi connectivity index (χ0n) is 17.1. The van der Waals surface area contributed by atoms with Gasteiger partial charge in [-0.05, 0) is 48.4 Å². The van der Waals surface area contributed by atoms with E-state index in [1.54, 1.807) is 19.1 Å². The smallest absolute Gasteiger partial charge is 0.337 e. The highest BCUT2D eigenvalue weighted by Crippen LogP contribution is 2.23. The van der Waals surface area contributed by atoms with Crippen molar-refractivity contribution >= 4 is 39.2 Å². The highest BCUT2D eigenvalue weighted by atomic mass is 35.5. The van der Waals surface area contributed by atoms with Crippen LogP contribution in [-0.4, -0.2) is 37.4 Å². The van der Waals surface area contributed by atoms with Gasteiger partial charge in [0.1, 0.15) is 5.69 Å². The number of hydrogen-bond donors (Lipinski definition) is 2. The number of esters is 1. The van der Waals surface area contributed by atoms with Gasteiger partial charge in [-0.25, -0.2) is 22.9 Å². The minimum Gasteiger partial charge on any atom is -0.465 e. The van der Waals surface area contributed by atoms with E-state index in [0.717, 1.165) is 0 Å². The molecule has 0 aliphatic rings. The number of ether oxygens (including phenoxy) is 1. The zero-order chi connectivity index (χ0) is 23.3. The summed E-state index contributed by atoms with van der Waals surface area (Å²) in [5.41, 5.74) is 1.32. The second-order valence-corrected chi connectivity index (χ2v) is 8.79. The molecule has 0 atom stereocenters. The molecular weight excluding hydrogens is 456 g/mol. The third kappa shape index (κ3) is 5.47. The van der Waals surface area contributed by atoms with Crippen molar-refractivity contribution in [3.05, 3.63) is 82.4 Å². The Morgan fingerprint density at radius 2 is 1.94 bits per heavy atom. The molecule has 3 aromatic rings. The molecule has 166 valence electrons. The van der Waals surface area contributed by atoms with Crippen molar-refractivity contribution in [2.45, 2.75) is 18.4 Å². The lowest BCUT2D eigenvalue weighted by Gasteiger charge is -2.13. The molecule has 1 amide bonds. The molecule has 9 nitrogen and oxygen atoms in total. The molecule has 0 aliphatic heterocycles. The molecule has 0 saturated carbocycles. The summed E-state index contributed by atoms with van der Waals surface area (Å²) in [4.78, 5) is 32.3. The number of carbonyl (C=O) groups is 2. The van der Waals surface area contributed by atoms with Crippen molar-refractivity contribution in [1.82, 2.24) is 14.7 Å². The molecule has 0 unspecified atom stereocenters. The average molecular weight is 475 g/mol. The van der Waals surface area contributed by atoms with E-state index in [1.165, 1.54) is 50.0 Å². The lowest BCUT2D eigenvalue weighted by molar-refractivity contribution is 0.0600. The monoisotopic (exact) mass is 474 g/mol. The van der Waals surface area contributed by atoms with Crippen molar-refractivity contribution in [2.75, 3.05) is 12.4 Å². The number of halogens is 1. The SMILES string of the molecule is COC(=O)c1cc(CNS(=O)(=O)c2cccc(Cl)c2C)cc(NC(=O)c2cnccn2)c1. The van der Waals surface area contributed by atoms with E-state index in [4.69, 9.17) is 16.3 Å². The molecule has 2 aromatic carbocycles. The highest BCUT2D eigenvalue weighted by molar-refractivity contribution is 7.89. The summed E-state index contributed by atoms with van der Waals surface area (Å²) in [6.45, 7) is 1.46. The number of anilines is 1. The van der Waals surface area contributed by atoms with Gasteiger partial charge in [-0.1, -0.05) is 17.7 Å². The minimum absolute atomic E-state index is 0.0466. The maximum Gasteiger partial charge on any atom is 0.337 e. The lowest BCUT2D eigenvalue weighted by Crippen LogP contribution is -2.24. The van der Waals surface area contributed by atoms with Gasteiger partial charge in [0.15, 0.2) is 0 Å². The Morgan fingerprint density at radius 3 is 2.62 bits per heavy atom. The normalized spacial score (nSPS) is 11.1. The number of benzene rings is 2. The van der Waals surface area contributed by atoms with E-state index in [-0.39, 0.29) is 28.4 Å². The Balaban J connectivity index is 1.87. The van der Waals surface area contributed by atoms with E-state index in [1.807, 2.05) is 0 Å². The molecule has 0 fully saturated rings. The summed E-state index contributed by atoms with van der Waals surface area (Å²) in [6, 6.07) is 9.01. The van der Waals surface area contributed by atoms with Crippen LogP contribution >= 0.6 is 11.6 Å². The van der Waals surface area contributed by atoms with Crippen LogP contribution in [0.25, 0.3) is 0 Å². The molecule has 2 N–H and O–H groups in total. The summed E-state index contributed by atoms with van der Waals surface area (Å²) in [5.74, 6) is -1.18. The third-order valence-corrected chi connectivity index (χ3v) is 6.40. The largest absolute Gasteiger partial charge is 0.465 e. The van der Waals surface area contributed by atoms with Crippen LogP contribution in [0.4, 0.5) is 5.69 Å². The van der Waals surface area contributed by atoms with Crippen LogP contribution in [0.2, 0.25) is 5.02 Å². The van der Waals surface area contributed by atoms with Crippen molar-refractivity contribution in [1.29, 1.82) is 0 Å². The van der Waals surface area contributed by atoms with Gasteiger partial charge in [0, 0.05) is 29.6 Å².